The fourth-order valence-corrected chi connectivity index (χ4v) is 3.87. The Hall–Kier alpha value is -2.22. The van der Waals surface area contributed by atoms with E-state index in [0.717, 1.165) is 29.5 Å². The molecule has 0 bridgehead atoms. The number of nitrogens with zero attached hydrogens (tertiary/aromatic N) is 1. The third kappa shape index (κ3) is 4.66. The normalized spacial score (nSPS) is 13.2. The molecule has 0 aliphatic rings. The van der Waals surface area contributed by atoms with E-state index in [1.165, 1.54) is 0 Å². The SMILES string of the molecule is C[C@H](CNCCc1ccco1)NS(=O)(=O)c1ccc2cnccc2c1. The quantitative estimate of drug-likeness (QED) is 0.603. The molecule has 25 heavy (non-hydrogen) atoms. The maximum absolute atomic E-state index is 12.5. The van der Waals surface area contributed by atoms with Crippen LogP contribution in [0.5, 0.6) is 0 Å². The number of pyridine rings is 1. The van der Waals surface area contributed by atoms with E-state index in [4.69, 9.17) is 4.42 Å². The van der Waals surface area contributed by atoms with Crippen LogP contribution in [0, 0.1) is 0 Å². The van der Waals surface area contributed by atoms with Crippen molar-refractivity contribution in [1.29, 1.82) is 0 Å². The zero-order valence-corrected chi connectivity index (χ0v) is 14.8. The minimum absolute atomic E-state index is 0.227. The maximum Gasteiger partial charge on any atom is 0.240 e. The highest BCUT2D eigenvalue weighted by Gasteiger charge is 2.17. The van der Waals surface area contributed by atoms with E-state index in [1.807, 2.05) is 19.1 Å². The van der Waals surface area contributed by atoms with Gasteiger partial charge in [-0.1, -0.05) is 6.07 Å². The van der Waals surface area contributed by atoms with Crippen molar-refractivity contribution >= 4 is 20.8 Å². The van der Waals surface area contributed by atoms with Gasteiger partial charge in [0.1, 0.15) is 5.76 Å². The van der Waals surface area contributed by atoms with Gasteiger partial charge in [0.05, 0.1) is 11.2 Å². The molecule has 0 aliphatic carbocycles. The molecule has 0 fully saturated rings. The standard InChI is InChI=1S/C18H21N3O3S/c1-14(12-19-9-7-17-3-2-10-24-17)21-25(22,23)18-5-4-16-13-20-8-6-15(16)11-18/h2-6,8,10-11,13-14,19,21H,7,9,12H2,1H3/t14-/m1/s1. The molecule has 0 saturated carbocycles. The Balaban J connectivity index is 1.56. The predicted molar refractivity (Wildman–Crippen MR) is 96.8 cm³/mol. The number of hydrogen-bond acceptors (Lipinski definition) is 5. The number of fused-ring (bicyclic) bond motifs is 1. The minimum Gasteiger partial charge on any atom is -0.469 e. The highest BCUT2D eigenvalue weighted by Crippen LogP contribution is 2.18. The lowest BCUT2D eigenvalue weighted by molar-refractivity contribution is 0.489. The van der Waals surface area contributed by atoms with Crippen molar-refractivity contribution in [1.82, 2.24) is 15.0 Å². The molecule has 7 heteroatoms. The van der Waals surface area contributed by atoms with Crippen molar-refractivity contribution in [2.24, 2.45) is 0 Å². The Bertz CT molecular complexity index is 924. The van der Waals surface area contributed by atoms with E-state index in [1.54, 1.807) is 42.9 Å². The van der Waals surface area contributed by atoms with Crippen molar-refractivity contribution < 1.29 is 12.8 Å². The van der Waals surface area contributed by atoms with Gasteiger partial charge in [-0.05, 0) is 42.6 Å². The maximum atomic E-state index is 12.5. The number of nitrogens with one attached hydrogen (secondary N) is 2. The first kappa shape index (κ1) is 17.6. The Kier molecular flexibility index (Phi) is 5.47. The summed E-state index contributed by atoms with van der Waals surface area (Å²) < 4.78 is 33.0. The van der Waals surface area contributed by atoms with Crippen molar-refractivity contribution in [3.8, 4) is 0 Å². The summed E-state index contributed by atoms with van der Waals surface area (Å²) in [5.41, 5.74) is 0. The van der Waals surface area contributed by atoms with Crippen molar-refractivity contribution in [3.63, 3.8) is 0 Å². The third-order valence-corrected chi connectivity index (χ3v) is 5.44. The number of sulfonamides is 1. The van der Waals surface area contributed by atoms with Gasteiger partial charge >= 0.3 is 0 Å². The molecule has 3 rings (SSSR count). The first-order valence-corrected chi connectivity index (χ1v) is 9.62. The van der Waals surface area contributed by atoms with Gasteiger partial charge in [0, 0.05) is 43.3 Å². The molecule has 3 aromatic rings. The van der Waals surface area contributed by atoms with Gasteiger partial charge in [-0.2, -0.15) is 0 Å². The molecule has 0 aliphatic heterocycles. The first-order chi connectivity index (χ1) is 12.0. The smallest absolute Gasteiger partial charge is 0.240 e. The number of rotatable bonds is 8. The second-order valence-corrected chi connectivity index (χ2v) is 7.65. The largest absolute Gasteiger partial charge is 0.469 e. The molecule has 132 valence electrons. The Labute approximate surface area is 147 Å². The molecule has 2 heterocycles. The molecule has 2 aromatic heterocycles. The van der Waals surface area contributed by atoms with Crippen LogP contribution in [0.3, 0.4) is 0 Å². The van der Waals surface area contributed by atoms with Crippen LogP contribution in [0.4, 0.5) is 0 Å². The third-order valence-electron chi connectivity index (χ3n) is 3.86. The highest BCUT2D eigenvalue weighted by atomic mass is 32.2. The van der Waals surface area contributed by atoms with Gasteiger partial charge in [0.15, 0.2) is 0 Å². The van der Waals surface area contributed by atoms with Crippen LogP contribution in [0.25, 0.3) is 10.8 Å². The van der Waals surface area contributed by atoms with Gasteiger partial charge in [-0.3, -0.25) is 4.98 Å². The zero-order chi connectivity index (χ0) is 17.7. The molecule has 0 amide bonds. The molecular formula is C18H21N3O3S. The van der Waals surface area contributed by atoms with E-state index in [-0.39, 0.29) is 10.9 Å². The Morgan fingerprint density at radius 1 is 1.20 bits per heavy atom. The molecule has 1 atom stereocenters. The van der Waals surface area contributed by atoms with Gasteiger partial charge < -0.3 is 9.73 Å². The Morgan fingerprint density at radius 2 is 2.08 bits per heavy atom. The molecule has 0 saturated heterocycles. The van der Waals surface area contributed by atoms with Gasteiger partial charge in [-0.15, -0.1) is 0 Å². The number of furan rings is 1. The number of hydrogen-bond donors (Lipinski definition) is 2. The fourth-order valence-electron chi connectivity index (χ4n) is 2.59. The summed E-state index contributed by atoms with van der Waals surface area (Å²) in [5.74, 6) is 0.909. The van der Waals surface area contributed by atoms with Crippen LogP contribution in [-0.2, 0) is 16.4 Å². The average Bonchev–Trinajstić information content (AvgIpc) is 3.11. The molecule has 1 aromatic carbocycles. The summed E-state index contributed by atoms with van der Waals surface area (Å²) >= 11 is 0. The second kappa shape index (κ2) is 7.77. The average molecular weight is 359 g/mol. The van der Waals surface area contributed by atoms with E-state index in [9.17, 15) is 8.42 Å². The molecule has 0 radical (unpaired) electrons. The monoisotopic (exact) mass is 359 g/mol. The van der Waals surface area contributed by atoms with E-state index in [2.05, 4.69) is 15.0 Å². The van der Waals surface area contributed by atoms with Crippen LogP contribution < -0.4 is 10.0 Å². The van der Waals surface area contributed by atoms with Crippen molar-refractivity contribution in [3.05, 3.63) is 60.8 Å². The highest BCUT2D eigenvalue weighted by molar-refractivity contribution is 7.89. The predicted octanol–water partition coefficient (Wildman–Crippen LogP) is 2.33. The van der Waals surface area contributed by atoms with Crippen molar-refractivity contribution in [2.75, 3.05) is 13.1 Å². The Morgan fingerprint density at radius 3 is 2.88 bits per heavy atom. The lowest BCUT2D eigenvalue weighted by Gasteiger charge is -2.15. The summed E-state index contributed by atoms with van der Waals surface area (Å²) in [6.07, 6.45) is 5.78. The molecule has 2 N–H and O–H groups in total. The van der Waals surface area contributed by atoms with Gasteiger partial charge in [-0.25, -0.2) is 13.1 Å². The number of benzene rings is 1. The van der Waals surface area contributed by atoms with E-state index < -0.39 is 10.0 Å². The molecule has 0 spiro atoms. The van der Waals surface area contributed by atoms with E-state index in [0.29, 0.717) is 6.54 Å². The lowest BCUT2D eigenvalue weighted by atomic mass is 10.2. The van der Waals surface area contributed by atoms with Gasteiger partial charge in [0.25, 0.3) is 0 Å². The van der Waals surface area contributed by atoms with Crippen LogP contribution in [0.1, 0.15) is 12.7 Å². The summed E-state index contributed by atoms with van der Waals surface area (Å²) in [4.78, 5) is 4.29. The van der Waals surface area contributed by atoms with E-state index >= 15 is 0 Å². The first-order valence-electron chi connectivity index (χ1n) is 8.14. The molecule has 0 unspecified atom stereocenters. The lowest BCUT2D eigenvalue weighted by Crippen LogP contribution is -2.40. The van der Waals surface area contributed by atoms with Gasteiger partial charge in [0.2, 0.25) is 10.0 Å². The zero-order valence-electron chi connectivity index (χ0n) is 14.0. The minimum atomic E-state index is -3.56. The summed E-state index contributed by atoms with van der Waals surface area (Å²) in [5, 5.41) is 4.99. The topological polar surface area (TPSA) is 84.2 Å². The second-order valence-electron chi connectivity index (χ2n) is 5.94. The van der Waals surface area contributed by atoms with Crippen LogP contribution in [-0.4, -0.2) is 32.5 Å². The summed E-state index contributed by atoms with van der Waals surface area (Å²) in [7, 11) is -3.56. The summed E-state index contributed by atoms with van der Waals surface area (Å²) in [6, 6.07) is 10.4. The molecule has 6 nitrogen and oxygen atoms in total. The fraction of sp³-hybridized carbons (Fsp3) is 0.278. The van der Waals surface area contributed by atoms with Crippen molar-refractivity contribution in [2.45, 2.75) is 24.3 Å². The van der Waals surface area contributed by atoms with Crippen LogP contribution in [0.15, 0.2) is 64.4 Å². The van der Waals surface area contributed by atoms with Crippen LogP contribution in [0.2, 0.25) is 0 Å². The molecular weight excluding hydrogens is 338 g/mol. The van der Waals surface area contributed by atoms with Crippen LogP contribution >= 0.6 is 0 Å². The number of aromatic nitrogens is 1. The summed E-state index contributed by atoms with van der Waals surface area (Å²) in [6.45, 7) is 3.10.